The molecule has 17 heteroatoms. The Morgan fingerprint density at radius 3 is 2.17 bits per heavy atom. The largest absolute Gasteiger partial charge is 0.340 e. The third-order valence-corrected chi connectivity index (χ3v) is 3.67. The van der Waals surface area contributed by atoms with Crippen LogP contribution >= 0.6 is 106 Å². The molecule has 0 bridgehead atoms. The minimum atomic E-state index is -2.20. The molecule has 0 aromatic carbocycles. The van der Waals surface area contributed by atoms with Gasteiger partial charge < -0.3 is 0 Å². The molecule has 0 aliphatic heterocycles. The Balaban J connectivity index is 0.000000420. The van der Waals surface area contributed by atoms with E-state index in [1.165, 1.54) is 4.52 Å². The second-order valence-electron chi connectivity index (χ2n) is 4.57. The van der Waals surface area contributed by atoms with Crippen LogP contribution < -0.4 is 11.2 Å². The number of aromatic nitrogens is 6. The van der Waals surface area contributed by atoms with Gasteiger partial charge in [-0.1, -0.05) is 0 Å². The van der Waals surface area contributed by atoms with E-state index in [0.29, 0.717) is 10.3 Å². The van der Waals surface area contributed by atoms with Gasteiger partial charge in [0.1, 0.15) is 10.1 Å². The molecule has 157 valence electrons. The van der Waals surface area contributed by atoms with Gasteiger partial charge in [0.05, 0.1) is 5.52 Å². The second-order valence-corrected chi connectivity index (χ2v) is 24.4. The maximum absolute atomic E-state index is 11.0. The number of hydrogen-bond donors (Lipinski definition) is 2. The van der Waals surface area contributed by atoms with Gasteiger partial charge in [0.25, 0.3) is 8.81 Å². The van der Waals surface area contributed by atoms with E-state index in [0.717, 1.165) is 10.1 Å². The van der Waals surface area contributed by atoms with Crippen molar-refractivity contribution in [1.82, 2.24) is 29.2 Å². The first-order chi connectivity index (χ1) is 12.5. The average molecular weight is 894 g/mol. The molecule has 0 fully saturated rings. The Bertz CT molecular complexity index is 1230. The fourth-order valence-corrected chi connectivity index (χ4v) is 2.91. The summed E-state index contributed by atoms with van der Waals surface area (Å²) in [5.41, 5.74) is 0.523. The van der Waals surface area contributed by atoms with Crippen LogP contribution in [0, 0.1) is 0 Å². The van der Waals surface area contributed by atoms with Crippen LogP contribution in [0.25, 0.3) is 11.0 Å². The van der Waals surface area contributed by atoms with Crippen molar-refractivity contribution in [3.63, 3.8) is 0 Å². The van der Waals surface area contributed by atoms with Gasteiger partial charge in [0.15, 0.2) is 0 Å². The number of nitrogens with zero attached hydrogens (tertiary/aromatic N) is 4. The number of aromatic amines is 2. The Morgan fingerprint density at radius 1 is 1.00 bits per heavy atom. The van der Waals surface area contributed by atoms with Crippen molar-refractivity contribution in [2.45, 2.75) is 0 Å². The molecule has 9 nitrogen and oxygen atoms in total. The fourth-order valence-electron chi connectivity index (χ4n) is 1.84. The maximum atomic E-state index is 11.0. The minimum absolute atomic E-state index is 0. The number of fused-ring (bicyclic) bond motifs is 2. The van der Waals surface area contributed by atoms with Crippen molar-refractivity contribution in [3.8, 4) is 0 Å². The second kappa shape index (κ2) is 13.4. The van der Waals surface area contributed by atoms with Gasteiger partial charge in [-0.3, -0.25) is 18.9 Å². The van der Waals surface area contributed by atoms with Crippen LogP contribution in [-0.2, 0) is 23.1 Å². The van der Waals surface area contributed by atoms with E-state index >= 15 is 0 Å². The topological polar surface area (TPSA) is 117 Å². The van der Waals surface area contributed by atoms with Crippen LogP contribution in [0.3, 0.4) is 0 Å². The maximum Gasteiger partial charge on any atom is 0.340 e. The van der Waals surface area contributed by atoms with Gasteiger partial charge in [-0.2, -0.15) is 0 Å². The molecule has 0 spiro atoms. The molecule has 0 aliphatic rings. The van der Waals surface area contributed by atoms with Crippen molar-refractivity contribution in [3.05, 3.63) is 66.8 Å². The number of nitrogens with one attached hydrogen (secondary N) is 2. The standard InChI is InChI=1S/C6H3Br2N3.C6H5N3O2.Br3OP.HI.V/c7-5-4-2-1-3-11(4)10-6(8)9-5;10-5-4-2-1-3-9(4)8-6(11)7-5;1-5(2,3)4;;/h1-3H;1-3H,(H2,7,8,10,11);;1H;. The summed E-state index contributed by atoms with van der Waals surface area (Å²) in [5, 5.41) is 6.50. The summed E-state index contributed by atoms with van der Waals surface area (Å²) in [6.45, 7) is 0. The van der Waals surface area contributed by atoms with Crippen molar-refractivity contribution < 1.29 is 23.1 Å². The van der Waals surface area contributed by atoms with E-state index in [-0.39, 0.29) is 48.1 Å². The van der Waals surface area contributed by atoms with Gasteiger partial charge in [-0.25, -0.2) is 19.4 Å². The summed E-state index contributed by atoms with van der Waals surface area (Å²) in [6.07, 6.45) is 3.47. The molecule has 0 unspecified atom stereocenters. The van der Waals surface area contributed by atoms with Gasteiger partial charge in [0, 0.05) is 77.4 Å². The van der Waals surface area contributed by atoms with E-state index in [1.54, 1.807) is 22.8 Å². The van der Waals surface area contributed by atoms with Gasteiger partial charge in [0.2, 0.25) is 4.73 Å². The van der Waals surface area contributed by atoms with Crippen LogP contribution in [-0.4, -0.2) is 29.2 Å². The third-order valence-electron chi connectivity index (χ3n) is 2.75. The van der Waals surface area contributed by atoms with Crippen molar-refractivity contribution in [2.75, 3.05) is 0 Å². The van der Waals surface area contributed by atoms with Gasteiger partial charge in [-0.15, -0.1) is 29.1 Å². The number of rotatable bonds is 0. The molecule has 0 amide bonds. The SMILES string of the molecule is Brc1nc(Br)c2cccn2n1.I.O=P(Br)(Br)Br.O=c1[nH]c(=O)c2cccn2[nH]1.[V]. The number of H-pyrrole nitrogens is 2. The van der Waals surface area contributed by atoms with Crippen molar-refractivity contribution >= 4 is 117 Å². The zero-order valence-corrected chi connectivity index (χ0v) is 26.2. The molecule has 0 saturated heterocycles. The third kappa shape index (κ3) is 10.3. The van der Waals surface area contributed by atoms with Gasteiger partial charge in [-0.05, 0) is 56.1 Å². The minimum Gasteiger partial charge on any atom is -0.287 e. The van der Waals surface area contributed by atoms with Crippen LogP contribution in [0.1, 0.15) is 0 Å². The summed E-state index contributed by atoms with van der Waals surface area (Å²) >= 11 is 14.8. The molecule has 29 heavy (non-hydrogen) atoms. The smallest absolute Gasteiger partial charge is 0.287 e. The molecule has 4 aromatic rings. The molecule has 0 atom stereocenters. The fraction of sp³-hybridized carbons (Fsp3) is 0. The molecule has 4 aromatic heterocycles. The predicted octanol–water partition coefficient (Wildman–Crippen LogP) is 5.46. The molecule has 1 radical (unpaired) electrons. The summed E-state index contributed by atoms with van der Waals surface area (Å²) in [7, 11) is 0. The molecule has 4 rings (SSSR count). The molecule has 2 N–H and O–H groups in total. The predicted molar refractivity (Wildman–Crippen MR) is 137 cm³/mol. The first kappa shape index (κ1) is 29.8. The Hall–Kier alpha value is 0.784. The average Bonchev–Trinajstić information content (AvgIpc) is 3.14. The Kier molecular flexibility index (Phi) is 13.7. The molecule has 0 saturated carbocycles. The number of halogens is 6. The summed E-state index contributed by atoms with van der Waals surface area (Å²) in [5.74, 6) is 0. The van der Waals surface area contributed by atoms with Crippen LogP contribution in [0.4, 0.5) is 0 Å². The molecule has 0 aliphatic carbocycles. The van der Waals surface area contributed by atoms with E-state index in [9.17, 15) is 14.2 Å². The summed E-state index contributed by atoms with van der Waals surface area (Å²) in [4.78, 5) is 27.8. The van der Waals surface area contributed by atoms with Crippen molar-refractivity contribution in [1.29, 1.82) is 0 Å². The first-order valence-corrected chi connectivity index (χ1v) is 16.0. The van der Waals surface area contributed by atoms with Crippen LogP contribution in [0.5, 0.6) is 0 Å². The van der Waals surface area contributed by atoms with E-state index < -0.39 is 8.94 Å². The molecule has 4 heterocycles. The van der Waals surface area contributed by atoms with Crippen molar-refractivity contribution in [2.24, 2.45) is 0 Å². The number of hydrogen-bond acceptors (Lipinski definition) is 5. The van der Waals surface area contributed by atoms with Gasteiger partial charge >= 0.3 is 5.69 Å². The quantitative estimate of drug-likeness (QED) is 0.180. The van der Waals surface area contributed by atoms with Crippen LogP contribution in [0.15, 0.2) is 55.6 Å². The Labute approximate surface area is 232 Å². The monoisotopic (exact) mass is 888 g/mol. The molecular formula is C12H9Br5IN6O3PV. The van der Waals surface area contributed by atoms with E-state index in [2.05, 4.69) is 98.5 Å². The van der Waals surface area contributed by atoms with E-state index in [4.69, 9.17) is 0 Å². The summed E-state index contributed by atoms with van der Waals surface area (Å²) < 4.78 is 12.3. The zero-order chi connectivity index (χ0) is 20.2. The van der Waals surface area contributed by atoms with E-state index in [1.807, 2.05) is 18.3 Å². The Morgan fingerprint density at radius 2 is 1.55 bits per heavy atom. The normalized spacial score (nSPS) is 10.1. The summed E-state index contributed by atoms with van der Waals surface area (Å²) in [6, 6.07) is 7.16. The first-order valence-electron chi connectivity index (χ1n) is 6.69. The molecular weight excluding hydrogens is 885 g/mol. The van der Waals surface area contributed by atoms with Crippen LogP contribution in [0.2, 0.25) is 0 Å². The zero-order valence-electron chi connectivity index (χ0n) is 13.7.